The van der Waals surface area contributed by atoms with Crippen LogP contribution in [0.5, 0.6) is 0 Å². The maximum atomic E-state index is 12.6. The Balaban J connectivity index is 1.26. The Morgan fingerprint density at radius 1 is 0.970 bits per heavy atom. The van der Waals surface area contributed by atoms with E-state index in [2.05, 4.69) is 20.2 Å². The van der Waals surface area contributed by atoms with Gasteiger partial charge < -0.3 is 10.1 Å². The van der Waals surface area contributed by atoms with Crippen LogP contribution in [0.15, 0.2) is 67.0 Å². The first-order chi connectivity index (χ1) is 16.3. The van der Waals surface area contributed by atoms with Crippen molar-refractivity contribution in [3.63, 3.8) is 0 Å². The predicted molar refractivity (Wildman–Crippen MR) is 133 cm³/mol. The highest BCUT2D eigenvalue weighted by Crippen LogP contribution is 2.18. The molecule has 0 aliphatic carbocycles. The number of benzene rings is 1. The number of carbonyl (C=O) groups is 1. The number of unbranched alkanes of at least 4 members (excludes halogenated alkanes) is 1. The standard InChI is InChI=1S/C27H30N4O2/c32-26(6-2-4-16-31-17-19-33-20-18-31)23-13-15-29-27(21-23)30-25-11-8-22(9-12-25)7-10-24-5-1-3-14-28-24/h1,3,5,7-15,21H,2,4,6,16-20H2,(H,29,30)/b10-7+. The predicted octanol–water partition coefficient (Wildman–Crippen LogP) is 5.08. The minimum absolute atomic E-state index is 0.164. The van der Waals surface area contributed by atoms with Crippen molar-refractivity contribution in [1.82, 2.24) is 14.9 Å². The molecule has 6 nitrogen and oxygen atoms in total. The van der Waals surface area contributed by atoms with E-state index in [1.165, 1.54) is 0 Å². The number of rotatable bonds is 10. The van der Waals surface area contributed by atoms with Gasteiger partial charge in [-0.3, -0.25) is 14.7 Å². The first-order valence-corrected chi connectivity index (χ1v) is 11.5. The Kier molecular flexibility index (Phi) is 8.33. The van der Waals surface area contributed by atoms with E-state index in [9.17, 15) is 4.79 Å². The van der Waals surface area contributed by atoms with Crippen molar-refractivity contribution in [3.05, 3.63) is 83.8 Å². The van der Waals surface area contributed by atoms with E-state index in [4.69, 9.17) is 4.74 Å². The maximum Gasteiger partial charge on any atom is 0.163 e. The molecule has 1 aliphatic rings. The van der Waals surface area contributed by atoms with E-state index in [0.29, 0.717) is 17.8 Å². The number of anilines is 2. The Labute approximate surface area is 195 Å². The highest BCUT2D eigenvalue weighted by atomic mass is 16.5. The smallest absolute Gasteiger partial charge is 0.163 e. The van der Waals surface area contributed by atoms with Crippen molar-refractivity contribution in [2.45, 2.75) is 19.3 Å². The Morgan fingerprint density at radius 2 is 1.82 bits per heavy atom. The monoisotopic (exact) mass is 442 g/mol. The minimum atomic E-state index is 0.164. The molecular formula is C27H30N4O2. The Hall–Kier alpha value is -3.35. The summed E-state index contributed by atoms with van der Waals surface area (Å²) in [6.07, 6.45) is 9.98. The first-order valence-electron chi connectivity index (χ1n) is 11.5. The summed E-state index contributed by atoms with van der Waals surface area (Å²) < 4.78 is 5.38. The summed E-state index contributed by atoms with van der Waals surface area (Å²) in [5.74, 6) is 0.836. The SMILES string of the molecule is O=C(CCCCN1CCOCC1)c1ccnc(Nc2ccc(/C=C/c3ccccn3)cc2)c1. The molecule has 0 atom stereocenters. The van der Waals surface area contributed by atoms with Crippen LogP contribution in [0.25, 0.3) is 12.2 Å². The van der Waals surface area contributed by atoms with Gasteiger partial charge in [0.15, 0.2) is 5.78 Å². The number of ether oxygens (including phenoxy) is 1. The van der Waals surface area contributed by atoms with Crippen molar-refractivity contribution in [1.29, 1.82) is 0 Å². The highest BCUT2D eigenvalue weighted by Gasteiger charge is 2.11. The molecule has 0 radical (unpaired) electrons. The summed E-state index contributed by atoms with van der Waals surface area (Å²) in [6.45, 7) is 4.66. The van der Waals surface area contributed by atoms with Crippen LogP contribution in [0.3, 0.4) is 0 Å². The third-order valence-electron chi connectivity index (χ3n) is 5.63. The Morgan fingerprint density at radius 3 is 2.61 bits per heavy atom. The average molecular weight is 443 g/mol. The van der Waals surface area contributed by atoms with Crippen molar-refractivity contribution in [3.8, 4) is 0 Å². The van der Waals surface area contributed by atoms with Gasteiger partial charge in [0.1, 0.15) is 5.82 Å². The lowest BCUT2D eigenvalue weighted by Crippen LogP contribution is -2.36. The van der Waals surface area contributed by atoms with Crippen molar-refractivity contribution >= 4 is 29.4 Å². The summed E-state index contributed by atoms with van der Waals surface area (Å²) in [4.78, 5) is 23.7. The molecule has 3 aromatic rings. The molecule has 33 heavy (non-hydrogen) atoms. The number of nitrogens with one attached hydrogen (secondary N) is 1. The van der Waals surface area contributed by atoms with Crippen LogP contribution >= 0.6 is 0 Å². The fourth-order valence-electron chi connectivity index (χ4n) is 3.74. The fourth-order valence-corrected chi connectivity index (χ4v) is 3.74. The number of nitrogens with zero attached hydrogens (tertiary/aromatic N) is 3. The van der Waals surface area contributed by atoms with E-state index in [0.717, 1.165) is 62.6 Å². The van der Waals surface area contributed by atoms with Crippen LogP contribution < -0.4 is 5.32 Å². The topological polar surface area (TPSA) is 67.4 Å². The van der Waals surface area contributed by atoms with Crippen molar-refractivity contribution in [2.75, 3.05) is 38.2 Å². The molecule has 1 saturated heterocycles. The van der Waals surface area contributed by atoms with Gasteiger partial charge in [-0.2, -0.15) is 0 Å². The van der Waals surface area contributed by atoms with Gasteiger partial charge in [-0.25, -0.2) is 4.98 Å². The molecule has 4 rings (SSSR count). The number of hydrogen-bond acceptors (Lipinski definition) is 6. The summed E-state index contributed by atoms with van der Waals surface area (Å²) in [7, 11) is 0. The molecule has 0 spiro atoms. The largest absolute Gasteiger partial charge is 0.379 e. The second-order valence-corrected chi connectivity index (χ2v) is 8.10. The zero-order valence-electron chi connectivity index (χ0n) is 18.8. The lowest BCUT2D eigenvalue weighted by Gasteiger charge is -2.26. The number of aromatic nitrogens is 2. The van der Waals surface area contributed by atoms with Crippen molar-refractivity contribution in [2.24, 2.45) is 0 Å². The van der Waals surface area contributed by atoms with Gasteiger partial charge >= 0.3 is 0 Å². The number of ketones is 1. The second-order valence-electron chi connectivity index (χ2n) is 8.10. The fraction of sp³-hybridized carbons (Fsp3) is 0.296. The van der Waals surface area contributed by atoms with Crippen LogP contribution in [0.4, 0.5) is 11.5 Å². The van der Waals surface area contributed by atoms with Crippen molar-refractivity contribution < 1.29 is 9.53 Å². The summed E-state index contributed by atoms with van der Waals surface area (Å²) in [5, 5.41) is 3.29. The third-order valence-corrected chi connectivity index (χ3v) is 5.63. The van der Waals surface area contributed by atoms with Gasteiger partial charge in [-0.15, -0.1) is 0 Å². The molecule has 0 unspecified atom stereocenters. The van der Waals surface area contributed by atoms with Crippen LogP contribution in [0.1, 0.15) is 40.9 Å². The molecule has 1 aromatic carbocycles. The number of hydrogen-bond donors (Lipinski definition) is 1. The van der Waals surface area contributed by atoms with E-state index in [1.807, 2.05) is 60.7 Å². The van der Waals surface area contributed by atoms with Gasteiger partial charge in [0.2, 0.25) is 0 Å². The number of carbonyl (C=O) groups excluding carboxylic acids is 1. The molecule has 3 heterocycles. The number of morpholine rings is 1. The quantitative estimate of drug-likeness (QED) is 0.349. The maximum absolute atomic E-state index is 12.6. The molecule has 1 N–H and O–H groups in total. The lowest BCUT2D eigenvalue weighted by molar-refractivity contribution is 0.0371. The normalized spacial score (nSPS) is 14.4. The van der Waals surface area contributed by atoms with Gasteiger partial charge in [-0.05, 0) is 67.4 Å². The molecule has 0 bridgehead atoms. The van der Waals surface area contributed by atoms with E-state index < -0.39 is 0 Å². The summed E-state index contributed by atoms with van der Waals surface area (Å²) >= 11 is 0. The molecule has 1 aliphatic heterocycles. The summed E-state index contributed by atoms with van der Waals surface area (Å²) in [5.41, 5.74) is 3.63. The zero-order valence-corrected chi connectivity index (χ0v) is 18.8. The molecule has 2 aromatic heterocycles. The molecule has 6 heteroatoms. The highest BCUT2D eigenvalue weighted by molar-refractivity contribution is 5.96. The minimum Gasteiger partial charge on any atom is -0.379 e. The van der Waals surface area contributed by atoms with E-state index in [-0.39, 0.29) is 5.78 Å². The average Bonchev–Trinajstić information content (AvgIpc) is 2.87. The van der Waals surface area contributed by atoms with Gasteiger partial charge in [0.05, 0.1) is 18.9 Å². The number of pyridine rings is 2. The third kappa shape index (κ3) is 7.34. The second kappa shape index (κ2) is 12.0. The van der Waals surface area contributed by atoms with E-state index >= 15 is 0 Å². The van der Waals surface area contributed by atoms with Crippen LogP contribution in [-0.4, -0.2) is 53.5 Å². The Bertz CT molecular complexity index is 1050. The molecule has 1 fully saturated rings. The molecule has 0 amide bonds. The first kappa shape index (κ1) is 22.8. The van der Waals surface area contributed by atoms with Crippen LogP contribution in [0, 0.1) is 0 Å². The molecule has 170 valence electrons. The lowest BCUT2D eigenvalue weighted by atomic mass is 10.1. The zero-order chi connectivity index (χ0) is 22.7. The van der Waals surface area contributed by atoms with Crippen LogP contribution in [0.2, 0.25) is 0 Å². The number of Topliss-reactive ketones (excluding diaryl/α,β-unsaturated/α-hetero) is 1. The van der Waals surface area contributed by atoms with Gasteiger partial charge in [0.25, 0.3) is 0 Å². The van der Waals surface area contributed by atoms with E-state index in [1.54, 1.807) is 18.5 Å². The summed E-state index contributed by atoms with van der Waals surface area (Å²) in [6, 6.07) is 17.5. The molecule has 0 saturated carbocycles. The van der Waals surface area contributed by atoms with Gasteiger partial charge in [-0.1, -0.05) is 24.3 Å². The van der Waals surface area contributed by atoms with Gasteiger partial charge in [0, 0.05) is 43.2 Å². The van der Waals surface area contributed by atoms with Crippen LogP contribution in [-0.2, 0) is 4.74 Å². The molecular weight excluding hydrogens is 412 g/mol.